The number of sulfonamides is 1. The minimum Gasteiger partial charge on any atom is -0.481 e. The molecule has 0 bridgehead atoms. The van der Waals surface area contributed by atoms with E-state index in [1.807, 2.05) is 6.92 Å². The van der Waals surface area contributed by atoms with Crippen molar-refractivity contribution in [2.24, 2.45) is 0 Å². The highest BCUT2D eigenvalue weighted by Gasteiger charge is 2.25. The van der Waals surface area contributed by atoms with Crippen molar-refractivity contribution in [2.45, 2.75) is 25.8 Å². The fourth-order valence-electron chi connectivity index (χ4n) is 1.99. The van der Waals surface area contributed by atoms with Crippen LogP contribution < -0.4 is 0 Å². The third kappa shape index (κ3) is 4.61. The molecule has 0 radical (unpaired) electrons. The van der Waals surface area contributed by atoms with Gasteiger partial charge in [0.2, 0.25) is 10.0 Å². The van der Waals surface area contributed by atoms with E-state index in [2.05, 4.69) is 4.90 Å². The molecular formula is C10H20N2O4S. The summed E-state index contributed by atoms with van der Waals surface area (Å²) in [6.07, 6.45) is 1.98. The van der Waals surface area contributed by atoms with Gasteiger partial charge in [0.1, 0.15) is 0 Å². The fourth-order valence-corrected chi connectivity index (χ4v) is 2.82. The Hall–Kier alpha value is -0.660. The molecule has 1 heterocycles. The largest absolute Gasteiger partial charge is 0.481 e. The van der Waals surface area contributed by atoms with Crippen molar-refractivity contribution in [1.82, 2.24) is 9.21 Å². The molecule has 1 saturated heterocycles. The maximum absolute atomic E-state index is 11.3. The highest BCUT2D eigenvalue weighted by atomic mass is 32.2. The number of carboxylic acids is 1. The molecule has 0 aromatic carbocycles. The van der Waals surface area contributed by atoms with Crippen LogP contribution in [-0.2, 0) is 14.8 Å². The van der Waals surface area contributed by atoms with Crippen LogP contribution in [-0.4, -0.2) is 67.2 Å². The fraction of sp³-hybridized carbons (Fsp3) is 0.900. The lowest BCUT2D eigenvalue weighted by atomic mass is 10.1. The number of aliphatic carboxylic acids is 1. The molecule has 0 saturated carbocycles. The van der Waals surface area contributed by atoms with E-state index in [9.17, 15) is 13.2 Å². The van der Waals surface area contributed by atoms with Crippen LogP contribution in [0.25, 0.3) is 0 Å². The minimum atomic E-state index is -3.09. The first kappa shape index (κ1) is 14.4. The van der Waals surface area contributed by atoms with Crippen molar-refractivity contribution < 1.29 is 18.3 Å². The monoisotopic (exact) mass is 264 g/mol. The van der Waals surface area contributed by atoms with Gasteiger partial charge in [-0.2, -0.15) is 4.31 Å². The van der Waals surface area contributed by atoms with Gasteiger partial charge < -0.3 is 5.11 Å². The van der Waals surface area contributed by atoms with Crippen LogP contribution in [0, 0.1) is 0 Å². The number of nitrogens with zero attached hydrogens (tertiary/aromatic N) is 2. The summed E-state index contributed by atoms with van der Waals surface area (Å²) in [5.41, 5.74) is 0. The zero-order valence-electron chi connectivity index (χ0n) is 10.3. The molecule has 1 aliphatic rings. The number of hydrogen-bond acceptors (Lipinski definition) is 4. The van der Waals surface area contributed by atoms with Gasteiger partial charge in [-0.1, -0.05) is 0 Å². The first-order valence-corrected chi connectivity index (χ1v) is 7.56. The summed E-state index contributed by atoms with van der Waals surface area (Å²) in [6.45, 7) is 4.33. The Morgan fingerprint density at radius 1 is 1.29 bits per heavy atom. The molecular weight excluding hydrogens is 244 g/mol. The van der Waals surface area contributed by atoms with E-state index < -0.39 is 16.0 Å². The normalized spacial score (nSPS) is 21.3. The zero-order chi connectivity index (χ0) is 13.1. The topological polar surface area (TPSA) is 77.9 Å². The van der Waals surface area contributed by atoms with Crippen LogP contribution >= 0.6 is 0 Å². The Labute approximate surface area is 102 Å². The molecule has 17 heavy (non-hydrogen) atoms. The summed E-state index contributed by atoms with van der Waals surface area (Å²) in [7, 11) is -3.09. The van der Waals surface area contributed by atoms with Crippen molar-refractivity contribution in [3.63, 3.8) is 0 Å². The van der Waals surface area contributed by atoms with Gasteiger partial charge in [-0.3, -0.25) is 9.69 Å². The van der Waals surface area contributed by atoms with Gasteiger partial charge >= 0.3 is 5.97 Å². The van der Waals surface area contributed by atoms with Gasteiger partial charge in [-0.15, -0.1) is 0 Å². The summed E-state index contributed by atoms with van der Waals surface area (Å²) in [4.78, 5) is 12.6. The predicted molar refractivity (Wildman–Crippen MR) is 64.3 cm³/mol. The van der Waals surface area contributed by atoms with Crippen molar-refractivity contribution >= 4 is 16.0 Å². The molecule has 0 amide bonds. The lowest BCUT2D eigenvalue weighted by molar-refractivity contribution is -0.137. The highest BCUT2D eigenvalue weighted by Crippen LogP contribution is 2.12. The third-order valence-corrected chi connectivity index (χ3v) is 4.44. The van der Waals surface area contributed by atoms with Gasteiger partial charge in [0, 0.05) is 38.6 Å². The molecule has 6 nitrogen and oxygen atoms in total. The summed E-state index contributed by atoms with van der Waals surface area (Å²) in [6, 6.07) is 0.188. The van der Waals surface area contributed by atoms with Gasteiger partial charge in [-0.25, -0.2) is 8.42 Å². The number of carboxylic acid groups (broad SMARTS) is 1. The SMILES string of the molecule is CC(CCC(=O)O)N1CCN(S(C)(=O)=O)CC1. The van der Waals surface area contributed by atoms with Crippen molar-refractivity contribution in [1.29, 1.82) is 0 Å². The Bertz CT molecular complexity index is 361. The van der Waals surface area contributed by atoms with Gasteiger partial charge in [0.15, 0.2) is 0 Å². The second-order valence-electron chi connectivity index (χ2n) is 4.48. The second-order valence-corrected chi connectivity index (χ2v) is 6.46. The van der Waals surface area contributed by atoms with Gasteiger partial charge in [0.05, 0.1) is 6.26 Å². The molecule has 0 aromatic heterocycles. The molecule has 0 aliphatic carbocycles. The quantitative estimate of drug-likeness (QED) is 0.745. The molecule has 0 spiro atoms. The predicted octanol–water partition coefficient (Wildman–Crippen LogP) is -0.183. The van der Waals surface area contributed by atoms with Crippen LogP contribution in [0.3, 0.4) is 0 Å². The van der Waals surface area contributed by atoms with Crippen molar-refractivity contribution in [3.05, 3.63) is 0 Å². The molecule has 1 aliphatic heterocycles. The molecule has 1 rings (SSSR count). The van der Waals surface area contributed by atoms with Crippen molar-refractivity contribution in [3.8, 4) is 0 Å². The van der Waals surface area contributed by atoms with Gasteiger partial charge in [0.25, 0.3) is 0 Å². The summed E-state index contributed by atoms with van der Waals surface area (Å²) in [5.74, 6) is -0.786. The maximum Gasteiger partial charge on any atom is 0.303 e. The Morgan fingerprint density at radius 3 is 2.24 bits per heavy atom. The lowest BCUT2D eigenvalue weighted by Gasteiger charge is -2.36. The van der Waals surface area contributed by atoms with Crippen LogP contribution in [0.15, 0.2) is 0 Å². The number of hydrogen-bond donors (Lipinski definition) is 1. The highest BCUT2D eigenvalue weighted by molar-refractivity contribution is 7.88. The second kappa shape index (κ2) is 5.79. The first-order valence-electron chi connectivity index (χ1n) is 5.71. The Balaban J connectivity index is 2.38. The van der Waals surface area contributed by atoms with E-state index in [1.54, 1.807) is 0 Å². The molecule has 0 aromatic rings. The average Bonchev–Trinajstić information content (AvgIpc) is 2.25. The number of rotatable bonds is 5. The zero-order valence-corrected chi connectivity index (χ0v) is 11.1. The van der Waals surface area contributed by atoms with Crippen LogP contribution in [0.1, 0.15) is 19.8 Å². The van der Waals surface area contributed by atoms with Gasteiger partial charge in [-0.05, 0) is 13.3 Å². The minimum absolute atomic E-state index is 0.160. The van der Waals surface area contributed by atoms with Crippen LogP contribution in [0.5, 0.6) is 0 Å². The summed E-state index contributed by atoms with van der Waals surface area (Å²) < 4.78 is 24.1. The molecule has 1 N–H and O–H groups in total. The molecule has 1 atom stereocenters. The lowest BCUT2D eigenvalue weighted by Crippen LogP contribution is -2.51. The van der Waals surface area contributed by atoms with E-state index in [-0.39, 0.29) is 12.5 Å². The standard InChI is InChI=1S/C10H20N2O4S/c1-9(3-4-10(13)14)11-5-7-12(8-6-11)17(2,15)16/h9H,3-8H2,1-2H3,(H,13,14). The maximum atomic E-state index is 11.3. The summed E-state index contributed by atoms with van der Waals surface area (Å²) in [5, 5.41) is 8.60. The van der Waals surface area contributed by atoms with Crippen molar-refractivity contribution in [2.75, 3.05) is 32.4 Å². The number of carbonyl (C=O) groups is 1. The average molecular weight is 264 g/mol. The molecule has 7 heteroatoms. The van der Waals surface area contributed by atoms with E-state index in [0.29, 0.717) is 32.6 Å². The number of piperazine rings is 1. The van der Waals surface area contributed by atoms with E-state index in [0.717, 1.165) is 0 Å². The third-order valence-electron chi connectivity index (χ3n) is 3.14. The molecule has 100 valence electrons. The first-order chi connectivity index (χ1) is 7.80. The molecule has 1 unspecified atom stereocenters. The van der Waals surface area contributed by atoms with Crippen LogP contribution in [0.2, 0.25) is 0 Å². The van der Waals surface area contributed by atoms with E-state index in [4.69, 9.17) is 5.11 Å². The Morgan fingerprint density at radius 2 is 1.82 bits per heavy atom. The summed E-state index contributed by atoms with van der Waals surface area (Å²) >= 11 is 0. The Kier molecular flexibility index (Phi) is 4.91. The molecule has 1 fully saturated rings. The van der Waals surface area contributed by atoms with E-state index in [1.165, 1.54) is 10.6 Å². The smallest absolute Gasteiger partial charge is 0.303 e. The van der Waals surface area contributed by atoms with Crippen LogP contribution in [0.4, 0.5) is 0 Å². The van der Waals surface area contributed by atoms with E-state index >= 15 is 0 Å².